The van der Waals surface area contributed by atoms with Crippen LogP contribution in [0.2, 0.25) is 0 Å². The number of nitrogens with one attached hydrogen (secondary N) is 1. The number of fused-ring (bicyclic) bond motifs is 1. The highest BCUT2D eigenvalue weighted by Gasteiger charge is 2.48. The van der Waals surface area contributed by atoms with E-state index in [1.54, 1.807) is 0 Å². The van der Waals surface area contributed by atoms with E-state index in [1.165, 1.54) is 16.3 Å². The van der Waals surface area contributed by atoms with E-state index in [4.69, 9.17) is 4.74 Å². The van der Waals surface area contributed by atoms with Crippen molar-refractivity contribution >= 4 is 10.8 Å². The molecule has 0 aromatic heterocycles. The average Bonchev–Trinajstić information content (AvgIpc) is 2.46. The highest BCUT2D eigenvalue weighted by molar-refractivity contribution is 5.82. The molecule has 0 amide bonds. The van der Waals surface area contributed by atoms with Gasteiger partial charge in [0.25, 0.3) is 0 Å². The van der Waals surface area contributed by atoms with Crippen LogP contribution in [-0.4, -0.2) is 19.3 Å². The molecule has 0 spiro atoms. The van der Waals surface area contributed by atoms with E-state index < -0.39 is 0 Å². The van der Waals surface area contributed by atoms with Crippen LogP contribution in [0.4, 0.5) is 0 Å². The number of hydrogen-bond acceptors (Lipinski definition) is 2. The lowest BCUT2D eigenvalue weighted by Crippen LogP contribution is -2.60. The third-order valence-corrected chi connectivity index (χ3v) is 4.83. The van der Waals surface area contributed by atoms with E-state index in [0.717, 1.165) is 13.0 Å². The molecule has 0 heterocycles. The lowest BCUT2D eigenvalue weighted by atomic mass is 9.64. The van der Waals surface area contributed by atoms with Gasteiger partial charge >= 0.3 is 0 Å². The standard InChI is InChI=1S/C18H23NO/c1-18(2)16(11-17(18)20-3)19-12-13-8-9-14-6-4-5-7-15(14)10-13/h4-10,16-17,19H,11-12H2,1-3H3. The third-order valence-electron chi connectivity index (χ3n) is 4.83. The molecule has 0 aliphatic heterocycles. The predicted molar refractivity (Wildman–Crippen MR) is 83.8 cm³/mol. The van der Waals surface area contributed by atoms with Crippen molar-refractivity contribution in [3.8, 4) is 0 Å². The normalized spacial score (nSPS) is 24.6. The van der Waals surface area contributed by atoms with Crippen molar-refractivity contribution in [2.75, 3.05) is 7.11 Å². The third kappa shape index (κ3) is 2.34. The van der Waals surface area contributed by atoms with E-state index in [0.29, 0.717) is 12.1 Å². The minimum Gasteiger partial charge on any atom is -0.381 e. The Kier molecular flexibility index (Phi) is 3.53. The molecule has 0 saturated heterocycles. The van der Waals surface area contributed by atoms with E-state index >= 15 is 0 Å². The first kappa shape index (κ1) is 13.6. The van der Waals surface area contributed by atoms with Crippen molar-refractivity contribution in [2.24, 2.45) is 5.41 Å². The Balaban J connectivity index is 1.66. The van der Waals surface area contributed by atoms with Gasteiger partial charge < -0.3 is 10.1 Å². The van der Waals surface area contributed by atoms with Crippen LogP contribution >= 0.6 is 0 Å². The summed E-state index contributed by atoms with van der Waals surface area (Å²) in [6.45, 7) is 5.49. The van der Waals surface area contributed by atoms with Crippen LogP contribution in [0.15, 0.2) is 42.5 Å². The molecule has 2 nitrogen and oxygen atoms in total. The summed E-state index contributed by atoms with van der Waals surface area (Å²) < 4.78 is 5.50. The molecule has 2 aromatic carbocycles. The van der Waals surface area contributed by atoms with Gasteiger partial charge in [-0.3, -0.25) is 0 Å². The zero-order valence-electron chi connectivity index (χ0n) is 12.5. The van der Waals surface area contributed by atoms with Gasteiger partial charge in [-0.1, -0.05) is 50.2 Å². The van der Waals surface area contributed by atoms with Crippen LogP contribution in [0.5, 0.6) is 0 Å². The molecule has 1 saturated carbocycles. The molecule has 0 radical (unpaired) electrons. The number of ether oxygens (including phenoxy) is 1. The largest absolute Gasteiger partial charge is 0.381 e. The van der Waals surface area contributed by atoms with Gasteiger partial charge in [0.15, 0.2) is 0 Å². The molecule has 2 heteroatoms. The molecule has 20 heavy (non-hydrogen) atoms. The van der Waals surface area contributed by atoms with Crippen LogP contribution in [0, 0.1) is 5.41 Å². The van der Waals surface area contributed by atoms with Gasteiger partial charge in [0, 0.05) is 25.1 Å². The van der Waals surface area contributed by atoms with Crippen molar-refractivity contribution in [1.82, 2.24) is 5.32 Å². The SMILES string of the molecule is COC1CC(NCc2ccc3ccccc3c2)C1(C)C. The molecule has 1 N–H and O–H groups in total. The number of hydrogen-bond donors (Lipinski definition) is 1. The maximum atomic E-state index is 5.50. The summed E-state index contributed by atoms with van der Waals surface area (Å²) in [5.41, 5.74) is 1.58. The molecule has 1 aliphatic carbocycles. The van der Waals surface area contributed by atoms with Gasteiger partial charge in [0.05, 0.1) is 6.10 Å². The molecular formula is C18H23NO. The molecule has 106 valence electrons. The Bertz CT molecular complexity index is 605. The van der Waals surface area contributed by atoms with E-state index in [1.807, 2.05) is 7.11 Å². The number of rotatable bonds is 4. The maximum Gasteiger partial charge on any atom is 0.0652 e. The van der Waals surface area contributed by atoms with Gasteiger partial charge in [-0.15, -0.1) is 0 Å². The number of benzene rings is 2. The van der Waals surface area contributed by atoms with E-state index in [-0.39, 0.29) is 5.41 Å². The van der Waals surface area contributed by atoms with Crippen molar-refractivity contribution in [3.63, 3.8) is 0 Å². The van der Waals surface area contributed by atoms with Gasteiger partial charge in [-0.25, -0.2) is 0 Å². The second-order valence-electron chi connectivity index (χ2n) is 6.40. The van der Waals surface area contributed by atoms with E-state index in [2.05, 4.69) is 61.6 Å². The molecule has 1 aliphatic rings. The summed E-state index contributed by atoms with van der Waals surface area (Å²) >= 11 is 0. The Morgan fingerprint density at radius 1 is 1.15 bits per heavy atom. The van der Waals surface area contributed by atoms with Crippen molar-refractivity contribution in [2.45, 2.75) is 39.0 Å². The van der Waals surface area contributed by atoms with Crippen molar-refractivity contribution < 1.29 is 4.74 Å². The summed E-state index contributed by atoms with van der Waals surface area (Å²) in [4.78, 5) is 0. The lowest BCUT2D eigenvalue weighted by molar-refractivity contribution is -0.0979. The molecule has 3 rings (SSSR count). The summed E-state index contributed by atoms with van der Waals surface area (Å²) in [6, 6.07) is 15.8. The molecule has 2 unspecified atom stereocenters. The summed E-state index contributed by atoms with van der Waals surface area (Å²) in [5, 5.41) is 6.29. The lowest BCUT2D eigenvalue weighted by Gasteiger charge is -2.51. The van der Waals surface area contributed by atoms with Gasteiger partial charge in [-0.2, -0.15) is 0 Å². The average molecular weight is 269 g/mol. The highest BCUT2D eigenvalue weighted by atomic mass is 16.5. The first-order chi connectivity index (χ1) is 9.61. The van der Waals surface area contributed by atoms with Crippen LogP contribution in [-0.2, 0) is 11.3 Å². The Hall–Kier alpha value is -1.38. The topological polar surface area (TPSA) is 21.3 Å². The zero-order chi connectivity index (χ0) is 14.2. The second kappa shape index (κ2) is 5.19. The van der Waals surface area contributed by atoms with Crippen LogP contribution < -0.4 is 5.32 Å². The van der Waals surface area contributed by atoms with Crippen LogP contribution in [0.3, 0.4) is 0 Å². The molecular weight excluding hydrogens is 246 g/mol. The fourth-order valence-electron chi connectivity index (χ4n) is 3.22. The minimum absolute atomic E-state index is 0.228. The van der Waals surface area contributed by atoms with Crippen LogP contribution in [0.25, 0.3) is 10.8 Å². The highest BCUT2D eigenvalue weighted by Crippen LogP contribution is 2.42. The summed E-state index contributed by atoms with van der Waals surface area (Å²) in [5.74, 6) is 0. The summed E-state index contributed by atoms with van der Waals surface area (Å²) in [6.07, 6.45) is 1.49. The monoisotopic (exact) mass is 269 g/mol. The van der Waals surface area contributed by atoms with Gasteiger partial charge in [0.1, 0.15) is 0 Å². The maximum absolute atomic E-state index is 5.50. The second-order valence-corrected chi connectivity index (χ2v) is 6.40. The predicted octanol–water partition coefficient (Wildman–Crippen LogP) is 3.74. The molecule has 1 fully saturated rings. The Morgan fingerprint density at radius 2 is 1.90 bits per heavy atom. The molecule has 0 bridgehead atoms. The fraction of sp³-hybridized carbons (Fsp3) is 0.444. The Morgan fingerprint density at radius 3 is 2.60 bits per heavy atom. The molecule has 2 atom stereocenters. The first-order valence-corrected chi connectivity index (χ1v) is 7.35. The van der Waals surface area contributed by atoms with Crippen LogP contribution in [0.1, 0.15) is 25.8 Å². The number of methoxy groups -OCH3 is 1. The van der Waals surface area contributed by atoms with Gasteiger partial charge in [-0.05, 0) is 28.8 Å². The fourth-order valence-corrected chi connectivity index (χ4v) is 3.22. The van der Waals surface area contributed by atoms with E-state index in [9.17, 15) is 0 Å². The van der Waals surface area contributed by atoms with Gasteiger partial charge in [0.2, 0.25) is 0 Å². The smallest absolute Gasteiger partial charge is 0.0652 e. The van der Waals surface area contributed by atoms with Crippen molar-refractivity contribution in [1.29, 1.82) is 0 Å². The van der Waals surface area contributed by atoms with Crippen molar-refractivity contribution in [3.05, 3.63) is 48.0 Å². The quantitative estimate of drug-likeness (QED) is 0.913. The Labute approximate surface area is 121 Å². The zero-order valence-corrected chi connectivity index (χ0v) is 12.5. The first-order valence-electron chi connectivity index (χ1n) is 7.35. The molecule has 2 aromatic rings. The minimum atomic E-state index is 0.228. The summed E-state index contributed by atoms with van der Waals surface area (Å²) in [7, 11) is 1.81.